The van der Waals surface area contributed by atoms with Crippen LogP contribution in [0.4, 0.5) is 4.79 Å². The normalized spacial score (nSPS) is 35.6. The zero-order valence-electron chi connectivity index (χ0n) is 15.0. The number of carbonyl (C=O) groups is 1. The average molecular weight is 357 g/mol. The van der Waals surface area contributed by atoms with Gasteiger partial charge in [-0.2, -0.15) is 0 Å². The highest BCUT2D eigenvalue weighted by Crippen LogP contribution is 2.62. The molecule has 2 heterocycles. The molecule has 0 unspecified atom stereocenters. The minimum absolute atomic E-state index is 0.0162. The molecule has 1 spiro atoms. The van der Waals surface area contributed by atoms with E-state index in [1.165, 1.54) is 18.2 Å². The van der Waals surface area contributed by atoms with Crippen molar-refractivity contribution in [2.75, 3.05) is 20.3 Å². The van der Waals surface area contributed by atoms with Crippen LogP contribution in [0.3, 0.4) is 0 Å². The first kappa shape index (κ1) is 16.0. The highest BCUT2D eigenvalue weighted by molar-refractivity contribution is 5.70. The van der Waals surface area contributed by atoms with Gasteiger partial charge >= 0.3 is 6.09 Å². The first-order valence-corrected chi connectivity index (χ1v) is 9.28. The molecule has 1 aromatic carbocycles. The topological polar surface area (TPSA) is 68.2 Å². The van der Waals surface area contributed by atoms with E-state index < -0.39 is 6.10 Å². The Bertz CT molecular complexity index is 806. The third-order valence-corrected chi connectivity index (χ3v) is 6.57. The van der Waals surface area contributed by atoms with Gasteiger partial charge in [0.2, 0.25) is 0 Å². The van der Waals surface area contributed by atoms with Gasteiger partial charge in [-0.05, 0) is 31.4 Å². The zero-order valence-corrected chi connectivity index (χ0v) is 15.0. The summed E-state index contributed by atoms with van der Waals surface area (Å²) in [4.78, 5) is 14.2. The molecule has 26 heavy (non-hydrogen) atoms. The van der Waals surface area contributed by atoms with E-state index in [0.29, 0.717) is 13.2 Å². The van der Waals surface area contributed by atoms with Crippen LogP contribution in [-0.4, -0.2) is 54.6 Å². The molecule has 1 aromatic rings. The average Bonchev–Trinajstić information content (AvgIpc) is 2.99. The first-order valence-electron chi connectivity index (χ1n) is 9.28. The molecular weight excluding hydrogens is 334 g/mol. The Labute approximate surface area is 152 Å². The van der Waals surface area contributed by atoms with Crippen LogP contribution in [0.25, 0.3) is 0 Å². The molecule has 1 amide bonds. The summed E-state index contributed by atoms with van der Waals surface area (Å²) in [5, 5.41) is 10.7. The van der Waals surface area contributed by atoms with E-state index in [2.05, 4.69) is 12.1 Å². The van der Waals surface area contributed by atoms with Crippen molar-refractivity contribution in [3.63, 3.8) is 0 Å². The van der Waals surface area contributed by atoms with Gasteiger partial charge in [-0.25, -0.2) is 4.79 Å². The summed E-state index contributed by atoms with van der Waals surface area (Å²) in [5.74, 6) is 1.64. The number of piperidine rings is 1. The summed E-state index contributed by atoms with van der Waals surface area (Å²) >= 11 is 0. The van der Waals surface area contributed by atoms with Gasteiger partial charge in [0.05, 0.1) is 13.7 Å². The number of aliphatic hydroxyl groups excluding tert-OH is 1. The lowest BCUT2D eigenvalue weighted by Gasteiger charge is -2.56. The number of amides is 1. The summed E-state index contributed by atoms with van der Waals surface area (Å²) in [6, 6.07) is 4.05. The SMILES string of the molecule is CCOc1ccc2c3c1O[C@H]1[C@@H](O)C=C[C@H]4[C@@H](C2)N(C(=O)OC)CC[C@@]341. The van der Waals surface area contributed by atoms with Gasteiger partial charge in [-0.15, -0.1) is 0 Å². The standard InChI is InChI=1S/C20H23NO5/c1-3-25-15-7-4-11-10-13-12-5-6-14(22)18-20(12,16(11)17(15)26-18)8-9-21(13)19(23)24-2/h4-7,12-14,18,22H,3,8-10H2,1-2H3/t12-,13+,14-,18-,20-/m0/s1. The maximum absolute atomic E-state index is 12.3. The number of carbonyl (C=O) groups excluding carboxylic acids is 1. The number of hydrogen-bond donors (Lipinski definition) is 1. The third-order valence-electron chi connectivity index (χ3n) is 6.57. The molecule has 6 heteroatoms. The second-order valence-electron chi connectivity index (χ2n) is 7.52. The fourth-order valence-corrected chi connectivity index (χ4v) is 5.66. The number of aliphatic hydroxyl groups is 1. The quantitative estimate of drug-likeness (QED) is 0.821. The second kappa shape index (κ2) is 5.39. The van der Waals surface area contributed by atoms with Gasteiger partial charge in [-0.3, -0.25) is 0 Å². The van der Waals surface area contributed by atoms with Crippen molar-refractivity contribution < 1.29 is 24.1 Å². The van der Waals surface area contributed by atoms with Crippen LogP contribution >= 0.6 is 0 Å². The lowest BCUT2D eigenvalue weighted by molar-refractivity contribution is -0.0472. The molecule has 2 aliphatic carbocycles. The summed E-state index contributed by atoms with van der Waals surface area (Å²) in [5.41, 5.74) is 2.06. The molecule has 1 fully saturated rings. The van der Waals surface area contributed by atoms with Gasteiger partial charge in [0.1, 0.15) is 12.2 Å². The lowest BCUT2D eigenvalue weighted by atomic mass is 9.53. The second-order valence-corrected chi connectivity index (χ2v) is 7.52. The molecule has 2 bridgehead atoms. The van der Waals surface area contributed by atoms with Crippen LogP contribution < -0.4 is 9.47 Å². The van der Waals surface area contributed by atoms with Crippen molar-refractivity contribution in [1.29, 1.82) is 0 Å². The largest absolute Gasteiger partial charge is 0.490 e. The molecule has 6 nitrogen and oxygen atoms in total. The molecule has 5 atom stereocenters. The molecule has 1 saturated heterocycles. The molecular formula is C20H23NO5. The molecule has 0 saturated carbocycles. The van der Waals surface area contributed by atoms with Crippen LogP contribution in [-0.2, 0) is 16.6 Å². The molecule has 0 aromatic heterocycles. The fourth-order valence-electron chi connectivity index (χ4n) is 5.66. The number of benzene rings is 1. The van der Waals surface area contributed by atoms with Crippen LogP contribution in [0.15, 0.2) is 24.3 Å². The molecule has 5 rings (SSSR count). The minimum Gasteiger partial charge on any atom is -0.490 e. The number of rotatable bonds is 2. The van der Waals surface area contributed by atoms with Gasteiger partial charge in [0.25, 0.3) is 0 Å². The predicted molar refractivity (Wildman–Crippen MR) is 93.6 cm³/mol. The number of ether oxygens (including phenoxy) is 3. The van der Waals surface area contributed by atoms with Gasteiger partial charge in [0, 0.05) is 29.5 Å². The monoisotopic (exact) mass is 357 g/mol. The van der Waals surface area contributed by atoms with Crippen LogP contribution in [0.5, 0.6) is 11.5 Å². The highest BCUT2D eigenvalue weighted by atomic mass is 16.5. The summed E-state index contributed by atoms with van der Waals surface area (Å²) < 4.78 is 17.2. The Morgan fingerprint density at radius 1 is 1.42 bits per heavy atom. The minimum atomic E-state index is -0.663. The highest BCUT2D eigenvalue weighted by Gasteiger charge is 2.65. The van der Waals surface area contributed by atoms with E-state index in [9.17, 15) is 9.90 Å². The van der Waals surface area contributed by atoms with Gasteiger partial charge in [0.15, 0.2) is 11.5 Å². The molecule has 2 aliphatic heterocycles. The summed E-state index contributed by atoms with van der Waals surface area (Å²) in [6.07, 6.45) is 4.11. The van der Waals surface area contributed by atoms with Crippen molar-refractivity contribution in [2.24, 2.45) is 5.92 Å². The van der Waals surface area contributed by atoms with Crippen molar-refractivity contribution in [3.05, 3.63) is 35.4 Å². The Morgan fingerprint density at radius 2 is 2.27 bits per heavy atom. The number of hydrogen-bond acceptors (Lipinski definition) is 5. The van der Waals surface area contributed by atoms with E-state index in [0.717, 1.165) is 24.3 Å². The van der Waals surface area contributed by atoms with Crippen LogP contribution in [0.2, 0.25) is 0 Å². The zero-order chi connectivity index (χ0) is 18.1. The number of nitrogens with zero attached hydrogens (tertiary/aromatic N) is 1. The Morgan fingerprint density at radius 3 is 3.04 bits per heavy atom. The van der Waals surface area contributed by atoms with E-state index in [1.54, 1.807) is 0 Å². The lowest BCUT2D eigenvalue weighted by Crippen LogP contribution is -2.66. The van der Waals surface area contributed by atoms with Crippen molar-refractivity contribution in [2.45, 2.75) is 43.4 Å². The van der Waals surface area contributed by atoms with Gasteiger partial charge < -0.3 is 24.2 Å². The van der Waals surface area contributed by atoms with E-state index in [-0.39, 0.29) is 29.6 Å². The first-order chi connectivity index (χ1) is 12.6. The Kier molecular flexibility index (Phi) is 3.32. The maximum Gasteiger partial charge on any atom is 0.409 e. The number of methoxy groups -OCH3 is 1. The van der Waals surface area contributed by atoms with Gasteiger partial charge in [-0.1, -0.05) is 18.2 Å². The van der Waals surface area contributed by atoms with Crippen LogP contribution in [0, 0.1) is 5.92 Å². The Balaban J connectivity index is 1.71. The van der Waals surface area contributed by atoms with Crippen molar-refractivity contribution in [3.8, 4) is 11.5 Å². The number of likely N-dealkylation sites (tertiary alicyclic amines) is 1. The van der Waals surface area contributed by atoms with E-state index in [4.69, 9.17) is 14.2 Å². The van der Waals surface area contributed by atoms with Crippen molar-refractivity contribution >= 4 is 6.09 Å². The Hall–Kier alpha value is -2.21. The van der Waals surface area contributed by atoms with E-state index in [1.807, 2.05) is 24.0 Å². The molecule has 138 valence electrons. The predicted octanol–water partition coefficient (Wildman–Crippen LogP) is 2.03. The van der Waals surface area contributed by atoms with Crippen LogP contribution in [0.1, 0.15) is 24.5 Å². The smallest absolute Gasteiger partial charge is 0.409 e. The molecule has 1 N–H and O–H groups in total. The maximum atomic E-state index is 12.3. The molecule has 4 aliphatic rings. The van der Waals surface area contributed by atoms with E-state index >= 15 is 0 Å². The summed E-state index contributed by atoms with van der Waals surface area (Å²) in [6.45, 7) is 3.12. The van der Waals surface area contributed by atoms with Crippen molar-refractivity contribution in [1.82, 2.24) is 4.90 Å². The fraction of sp³-hybridized carbons (Fsp3) is 0.550. The summed E-state index contributed by atoms with van der Waals surface area (Å²) in [7, 11) is 1.43. The third kappa shape index (κ3) is 1.78. The molecule has 0 radical (unpaired) electrons.